The summed E-state index contributed by atoms with van der Waals surface area (Å²) in [5.41, 5.74) is 0. The Balaban J connectivity index is 1.85. The lowest BCUT2D eigenvalue weighted by molar-refractivity contribution is -0.149. The van der Waals surface area contributed by atoms with E-state index in [1.807, 2.05) is 6.92 Å². The normalized spacial score (nSPS) is 31.4. The van der Waals surface area contributed by atoms with Crippen LogP contribution < -0.4 is 5.32 Å². The second kappa shape index (κ2) is 6.61. The van der Waals surface area contributed by atoms with E-state index in [1.165, 1.54) is 12.8 Å². The highest BCUT2D eigenvalue weighted by Gasteiger charge is 2.39. The van der Waals surface area contributed by atoms with Crippen molar-refractivity contribution in [2.24, 2.45) is 5.92 Å². The van der Waals surface area contributed by atoms with Crippen molar-refractivity contribution < 1.29 is 14.7 Å². The molecule has 0 aliphatic carbocycles. The van der Waals surface area contributed by atoms with Crippen LogP contribution in [0.2, 0.25) is 0 Å². The molecule has 2 N–H and O–H groups in total. The zero-order valence-electron chi connectivity index (χ0n) is 11.3. The Morgan fingerprint density at radius 3 is 2.89 bits per heavy atom. The van der Waals surface area contributed by atoms with Gasteiger partial charge in [-0.25, -0.2) is 4.79 Å². The minimum absolute atomic E-state index is 0.00419. The van der Waals surface area contributed by atoms with Gasteiger partial charge in [0.05, 0.1) is 5.37 Å². The van der Waals surface area contributed by atoms with Crippen molar-refractivity contribution >= 4 is 23.6 Å². The summed E-state index contributed by atoms with van der Waals surface area (Å²) in [6.45, 7) is 3.97. The number of hydrogen-bond donors (Lipinski definition) is 2. The fourth-order valence-corrected chi connectivity index (χ4v) is 4.03. The predicted octanol–water partition coefficient (Wildman–Crippen LogP) is 1.14. The number of carbonyl (C=O) groups is 2. The molecule has 0 aromatic heterocycles. The van der Waals surface area contributed by atoms with Crippen molar-refractivity contribution in [3.63, 3.8) is 0 Å². The van der Waals surface area contributed by atoms with Gasteiger partial charge in [0.1, 0.15) is 6.04 Å². The highest BCUT2D eigenvalue weighted by molar-refractivity contribution is 8.00. The van der Waals surface area contributed by atoms with Crippen molar-refractivity contribution in [3.8, 4) is 0 Å². The lowest BCUT2D eigenvalue weighted by Gasteiger charge is -2.27. The number of carboxylic acid groups (broad SMARTS) is 1. The molecular weight excluding hydrogens is 264 g/mol. The number of carboxylic acids is 1. The molecule has 2 aliphatic heterocycles. The molecule has 2 aliphatic rings. The SMILES string of the molecule is CC1SCC(C(=O)O)N1C(=O)CCC1CCCNC1. The van der Waals surface area contributed by atoms with Gasteiger partial charge in [0.15, 0.2) is 0 Å². The second-order valence-corrected chi connectivity index (χ2v) is 6.69. The van der Waals surface area contributed by atoms with Gasteiger partial charge < -0.3 is 15.3 Å². The van der Waals surface area contributed by atoms with Crippen LogP contribution in [0.4, 0.5) is 0 Å². The molecule has 2 heterocycles. The maximum Gasteiger partial charge on any atom is 0.327 e. The largest absolute Gasteiger partial charge is 0.480 e. The van der Waals surface area contributed by atoms with Crippen LogP contribution in [0.3, 0.4) is 0 Å². The molecule has 0 aromatic rings. The van der Waals surface area contributed by atoms with Crippen molar-refractivity contribution in [1.82, 2.24) is 10.2 Å². The molecule has 6 heteroatoms. The second-order valence-electron chi connectivity index (χ2n) is 5.34. The highest BCUT2D eigenvalue weighted by atomic mass is 32.2. The van der Waals surface area contributed by atoms with E-state index in [4.69, 9.17) is 5.11 Å². The zero-order valence-corrected chi connectivity index (χ0v) is 12.1. The van der Waals surface area contributed by atoms with Gasteiger partial charge in [-0.05, 0) is 45.2 Å². The third-order valence-corrected chi connectivity index (χ3v) is 5.18. The molecule has 0 spiro atoms. The molecule has 108 valence electrons. The fraction of sp³-hybridized carbons (Fsp3) is 0.846. The van der Waals surface area contributed by atoms with Gasteiger partial charge in [0.2, 0.25) is 5.91 Å². The first-order valence-electron chi connectivity index (χ1n) is 6.96. The van der Waals surface area contributed by atoms with E-state index in [-0.39, 0.29) is 11.3 Å². The van der Waals surface area contributed by atoms with Gasteiger partial charge in [0, 0.05) is 12.2 Å². The summed E-state index contributed by atoms with van der Waals surface area (Å²) in [6, 6.07) is -0.642. The molecule has 2 fully saturated rings. The standard InChI is InChI=1S/C13H22N2O3S/c1-9-15(11(8-19-9)13(17)18)12(16)5-4-10-3-2-6-14-7-10/h9-11,14H,2-8H2,1H3,(H,17,18). The van der Waals surface area contributed by atoms with Gasteiger partial charge >= 0.3 is 5.97 Å². The fourth-order valence-electron chi connectivity index (χ4n) is 2.84. The molecule has 3 atom stereocenters. The number of nitrogens with one attached hydrogen (secondary N) is 1. The molecule has 0 aromatic carbocycles. The number of piperidine rings is 1. The summed E-state index contributed by atoms with van der Waals surface area (Å²) in [6.07, 6.45) is 3.69. The monoisotopic (exact) mass is 286 g/mol. The van der Waals surface area contributed by atoms with Crippen LogP contribution in [-0.4, -0.2) is 52.1 Å². The lowest BCUT2D eigenvalue weighted by Crippen LogP contribution is -2.45. The predicted molar refractivity (Wildman–Crippen MR) is 75.0 cm³/mol. The summed E-state index contributed by atoms with van der Waals surface area (Å²) in [5.74, 6) is 0.180. The topological polar surface area (TPSA) is 69.6 Å². The lowest BCUT2D eigenvalue weighted by atomic mass is 9.94. The molecule has 2 rings (SSSR count). The van der Waals surface area contributed by atoms with Gasteiger partial charge in [0.25, 0.3) is 0 Å². The van der Waals surface area contributed by atoms with Crippen LogP contribution in [0.1, 0.15) is 32.6 Å². The Morgan fingerprint density at radius 1 is 1.47 bits per heavy atom. The molecule has 5 nitrogen and oxygen atoms in total. The number of hydrogen-bond acceptors (Lipinski definition) is 4. The quantitative estimate of drug-likeness (QED) is 0.811. The molecule has 0 radical (unpaired) electrons. The zero-order chi connectivity index (χ0) is 13.8. The van der Waals surface area contributed by atoms with E-state index in [9.17, 15) is 9.59 Å². The minimum Gasteiger partial charge on any atom is -0.480 e. The van der Waals surface area contributed by atoms with Gasteiger partial charge in [-0.1, -0.05) is 0 Å². The molecule has 2 saturated heterocycles. The van der Waals surface area contributed by atoms with Gasteiger partial charge in [-0.3, -0.25) is 4.79 Å². The number of amides is 1. The van der Waals surface area contributed by atoms with E-state index in [1.54, 1.807) is 16.7 Å². The Kier molecular flexibility index (Phi) is 5.10. The molecule has 19 heavy (non-hydrogen) atoms. The van der Waals surface area contributed by atoms with Crippen LogP contribution >= 0.6 is 11.8 Å². The van der Waals surface area contributed by atoms with Crippen LogP contribution in [0.5, 0.6) is 0 Å². The average Bonchev–Trinajstić information content (AvgIpc) is 2.79. The van der Waals surface area contributed by atoms with Crippen molar-refractivity contribution in [1.29, 1.82) is 0 Å². The van der Waals surface area contributed by atoms with Gasteiger partial charge in [-0.2, -0.15) is 0 Å². The third kappa shape index (κ3) is 3.63. The molecule has 0 bridgehead atoms. The van der Waals surface area contributed by atoms with Crippen molar-refractivity contribution in [2.75, 3.05) is 18.8 Å². The van der Waals surface area contributed by atoms with Gasteiger partial charge in [-0.15, -0.1) is 11.8 Å². The van der Waals surface area contributed by atoms with E-state index < -0.39 is 12.0 Å². The average molecular weight is 286 g/mol. The summed E-state index contributed by atoms with van der Waals surface area (Å²) < 4.78 is 0. The van der Waals surface area contributed by atoms with Crippen LogP contribution in [0.15, 0.2) is 0 Å². The first-order valence-corrected chi connectivity index (χ1v) is 8.00. The van der Waals surface area contributed by atoms with E-state index in [2.05, 4.69) is 5.32 Å². The molecule has 3 unspecified atom stereocenters. The number of thioether (sulfide) groups is 1. The maximum absolute atomic E-state index is 12.2. The number of aliphatic carboxylic acids is 1. The van der Waals surface area contributed by atoms with E-state index in [0.29, 0.717) is 18.1 Å². The first kappa shape index (κ1) is 14.7. The van der Waals surface area contributed by atoms with Crippen LogP contribution in [0.25, 0.3) is 0 Å². The Bertz CT molecular complexity index is 345. The molecule has 1 amide bonds. The van der Waals surface area contributed by atoms with E-state index >= 15 is 0 Å². The van der Waals surface area contributed by atoms with Crippen LogP contribution in [0, 0.1) is 5.92 Å². The van der Waals surface area contributed by atoms with E-state index in [0.717, 1.165) is 19.5 Å². The summed E-state index contributed by atoms with van der Waals surface area (Å²) in [4.78, 5) is 25.0. The summed E-state index contributed by atoms with van der Waals surface area (Å²) in [5, 5.41) is 12.5. The Morgan fingerprint density at radius 2 is 2.26 bits per heavy atom. The van der Waals surface area contributed by atoms with Crippen molar-refractivity contribution in [3.05, 3.63) is 0 Å². The number of rotatable bonds is 4. The summed E-state index contributed by atoms with van der Waals surface area (Å²) in [7, 11) is 0. The maximum atomic E-state index is 12.2. The number of nitrogens with zero attached hydrogens (tertiary/aromatic N) is 1. The van der Waals surface area contributed by atoms with Crippen LogP contribution in [-0.2, 0) is 9.59 Å². The first-order chi connectivity index (χ1) is 9.09. The summed E-state index contributed by atoms with van der Waals surface area (Å²) >= 11 is 1.54. The Hall–Kier alpha value is -0.750. The number of carbonyl (C=O) groups excluding carboxylic acids is 1. The smallest absolute Gasteiger partial charge is 0.327 e. The minimum atomic E-state index is -0.885. The molecule has 0 saturated carbocycles. The van der Waals surface area contributed by atoms with Crippen molar-refractivity contribution in [2.45, 2.75) is 44.0 Å². The molecular formula is C13H22N2O3S. The third-order valence-electron chi connectivity index (χ3n) is 3.96. The highest BCUT2D eigenvalue weighted by Crippen LogP contribution is 2.30. The Labute approximate surface area is 118 Å².